The van der Waals surface area contributed by atoms with Crippen LogP contribution in [0.3, 0.4) is 0 Å². The summed E-state index contributed by atoms with van der Waals surface area (Å²) in [5, 5.41) is 8.02. The molecule has 0 radical (unpaired) electrons. The first-order valence-corrected chi connectivity index (χ1v) is 8.44. The second-order valence-corrected chi connectivity index (χ2v) is 5.92. The van der Waals surface area contributed by atoms with Gasteiger partial charge >= 0.3 is 0 Å². The first-order chi connectivity index (χ1) is 11.8. The molecular formula is C19H26IN5. The van der Waals surface area contributed by atoms with E-state index in [1.807, 2.05) is 17.8 Å². The minimum atomic E-state index is 0. The summed E-state index contributed by atoms with van der Waals surface area (Å²) < 4.78 is 2.04. The minimum Gasteiger partial charge on any atom is -0.361 e. The summed E-state index contributed by atoms with van der Waals surface area (Å²) in [5.41, 5.74) is 3.74. The maximum absolute atomic E-state index is 4.65. The van der Waals surface area contributed by atoms with E-state index in [2.05, 4.69) is 70.3 Å². The third kappa shape index (κ3) is 5.26. The van der Waals surface area contributed by atoms with Gasteiger partial charge in [0.05, 0.1) is 6.54 Å². The Labute approximate surface area is 165 Å². The van der Waals surface area contributed by atoms with Crippen LogP contribution >= 0.6 is 24.0 Å². The van der Waals surface area contributed by atoms with Crippen LogP contribution in [0.2, 0.25) is 0 Å². The SMILES string of the molecule is CCNC(=NCc1ccn(C)c1)NCCc1c[nH]c2ccccc12.I. The van der Waals surface area contributed by atoms with Crippen molar-refractivity contribution in [3.63, 3.8) is 0 Å². The van der Waals surface area contributed by atoms with Crippen LogP contribution in [0.15, 0.2) is 53.9 Å². The molecule has 1 aromatic carbocycles. The molecule has 134 valence electrons. The maximum atomic E-state index is 4.65. The summed E-state index contributed by atoms with van der Waals surface area (Å²) >= 11 is 0. The predicted octanol–water partition coefficient (Wildman–Crippen LogP) is 3.42. The van der Waals surface area contributed by atoms with Gasteiger partial charge in [-0.25, -0.2) is 4.99 Å². The number of nitrogens with one attached hydrogen (secondary N) is 3. The zero-order valence-corrected chi connectivity index (χ0v) is 17.1. The summed E-state index contributed by atoms with van der Waals surface area (Å²) in [5.74, 6) is 0.862. The summed E-state index contributed by atoms with van der Waals surface area (Å²) in [7, 11) is 2.03. The number of aliphatic imine (C=N–C) groups is 1. The van der Waals surface area contributed by atoms with E-state index >= 15 is 0 Å². The van der Waals surface area contributed by atoms with E-state index in [0.717, 1.165) is 25.5 Å². The lowest BCUT2D eigenvalue weighted by atomic mass is 10.1. The van der Waals surface area contributed by atoms with Gasteiger partial charge in [-0.05, 0) is 36.6 Å². The smallest absolute Gasteiger partial charge is 0.191 e. The monoisotopic (exact) mass is 451 g/mol. The van der Waals surface area contributed by atoms with Crippen LogP contribution in [-0.2, 0) is 20.0 Å². The van der Waals surface area contributed by atoms with E-state index in [1.165, 1.54) is 22.0 Å². The van der Waals surface area contributed by atoms with E-state index < -0.39 is 0 Å². The number of hydrogen-bond acceptors (Lipinski definition) is 1. The highest BCUT2D eigenvalue weighted by Crippen LogP contribution is 2.17. The van der Waals surface area contributed by atoms with Crippen LogP contribution in [0, 0.1) is 0 Å². The van der Waals surface area contributed by atoms with Crippen LogP contribution in [0.5, 0.6) is 0 Å². The number of benzene rings is 1. The van der Waals surface area contributed by atoms with Crippen molar-refractivity contribution < 1.29 is 0 Å². The lowest BCUT2D eigenvalue weighted by Crippen LogP contribution is -2.38. The Morgan fingerprint density at radius 1 is 1.20 bits per heavy atom. The quantitative estimate of drug-likeness (QED) is 0.306. The highest BCUT2D eigenvalue weighted by atomic mass is 127. The van der Waals surface area contributed by atoms with Gasteiger partial charge in [-0.1, -0.05) is 18.2 Å². The molecule has 0 saturated carbocycles. The molecule has 0 bridgehead atoms. The Hall–Kier alpha value is -1.96. The van der Waals surface area contributed by atoms with Gasteiger partial charge < -0.3 is 20.2 Å². The summed E-state index contributed by atoms with van der Waals surface area (Å²) in [6.45, 7) is 4.47. The Morgan fingerprint density at radius 3 is 2.80 bits per heavy atom. The van der Waals surface area contributed by atoms with Crippen molar-refractivity contribution in [1.82, 2.24) is 20.2 Å². The third-order valence-electron chi connectivity index (χ3n) is 4.02. The molecular weight excluding hydrogens is 425 g/mol. The number of para-hydroxylation sites is 1. The number of rotatable bonds is 6. The maximum Gasteiger partial charge on any atom is 0.191 e. The molecule has 0 unspecified atom stereocenters. The van der Waals surface area contributed by atoms with Gasteiger partial charge in [0.25, 0.3) is 0 Å². The predicted molar refractivity (Wildman–Crippen MR) is 116 cm³/mol. The summed E-state index contributed by atoms with van der Waals surface area (Å²) in [4.78, 5) is 7.98. The van der Waals surface area contributed by atoms with Crippen molar-refractivity contribution in [3.05, 3.63) is 60.0 Å². The van der Waals surface area contributed by atoms with Crippen LogP contribution in [0.4, 0.5) is 0 Å². The number of fused-ring (bicyclic) bond motifs is 1. The van der Waals surface area contributed by atoms with Gasteiger partial charge in [-0.2, -0.15) is 0 Å². The Balaban J connectivity index is 0.00000225. The largest absolute Gasteiger partial charge is 0.361 e. The summed E-state index contributed by atoms with van der Waals surface area (Å²) in [6, 6.07) is 10.5. The summed E-state index contributed by atoms with van der Waals surface area (Å²) in [6.07, 6.45) is 7.20. The van der Waals surface area contributed by atoms with E-state index in [4.69, 9.17) is 0 Å². The lowest BCUT2D eigenvalue weighted by molar-refractivity contribution is 0.801. The fourth-order valence-electron chi connectivity index (χ4n) is 2.82. The molecule has 3 aromatic rings. The molecule has 5 nitrogen and oxygen atoms in total. The molecule has 2 heterocycles. The molecule has 0 aliphatic carbocycles. The van der Waals surface area contributed by atoms with E-state index in [9.17, 15) is 0 Å². The van der Waals surface area contributed by atoms with Gasteiger partial charge in [0.1, 0.15) is 0 Å². The molecule has 6 heteroatoms. The van der Waals surface area contributed by atoms with Crippen molar-refractivity contribution in [2.45, 2.75) is 19.9 Å². The second kappa shape index (κ2) is 9.50. The molecule has 3 N–H and O–H groups in total. The third-order valence-corrected chi connectivity index (χ3v) is 4.02. The number of aryl methyl sites for hydroxylation is 1. The van der Waals surface area contributed by atoms with Gasteiger partial charge in [0.2, 0.25) is 0 Å². The Kier molecular flexibility index (Phi) is 7.36. The average Bonchev–Trinajstić information content (AvgIpc) is 3.19. The van der Waals surface area contributed by atoms with Crippen LogP contribution in [-0.4, -0.2) is 28.6 Å². The highest BCUT2D eigenvalue weighted by molar-refractivity contribution is 14.0. The molecule has 0 aliphatic heterocycles. The fraction of sp³-hybridized carbons (Fsp3) is 0.316. The normalized spacial score (nSPS) is 11.4. The zero-order chi connectivity index (χ0) is 16.8. The average molecular weight is 451 g/mol. The van der Waals surface area contributed by atoms with Crippen molar-refractivity contribution >= 4 is 40.8 Å². The minimum absolute atomic E-state index is 0. The number of aromatic nitrogens is 2. The highest BCUT2D eigenvalue weighted by Gasteiger charge is 2.03. The van der Waals surface area contributed by atoms with Crippen LogP contribution in [0.25, 0.3) is 10.9 Å². The van der Waals surface area contributed by atoms with Crippen LogP contribution < -0.4 is 10.6 Å². The Bertz CT molecular complexity index is 818. The number of nitrogens with zero attached hydrogens (tertiary/aromatic N) is 2. The van der Waals surface area contributed by atoms with Crippen molar-refractivity contribution in [1.29, 1.82) is 0 Å². The van der Waals surface area contributed by atoms with Gasteiger partial charge in [0, 0.05) is 49.6 Å². The number of aromatic amines is 1. The molecule has 3 rings (SSSR count). The van der Waals surface area contributed by atoms with Gasteiger partial charge in [-0.3, -0.25) is 0 Å². The van der Waals surface area contributed by atoms with Gasteiger partial charge in [0.15, 0.2) is 5.96 Å². The molecule has 0 saturated heterocycles. The molecule has 0 spiro atoms. The fourth-order valence-corrected chi connectivity index (χ4v) is 2.82. The van der Waals surface area contributed by atoms with Gasteiger partial charge in [-0.15, -0.1) is 24.0 Å². The van der Waals surface area contributed by atoms with Crippen LogP contribution in [0.1, 0.15) is 18.1 Å². The van der Waals surface area contributed by atoms with Crippen molar-refractivity contribution in [2.24, 2.45) is 12.0 Å². The zero-order valence-electron chi connectivity index (χ0n) is 14.7. The molecule has 0 amide bonds. The second-order valence-electron chi connectivity index (χ2n) is 5.92. The van der Waals surface area contributed by atoms with Crippen molar-refractivity contribution in [2.75, 3.05) is 13.1 Å². The first-order valence-electron chi connectivity index (χ1n) is 8.44. The van der Waals surface area contributed by atoms with E-state index in [1.54, 1.807) is 0 Å². The standard InChI is InChI=1S/C19H25N5.HI/c1-3-20-19(23-12-15-9-11-24(2)14-15)21-10-8-16-13-22-18-7-5-4-6-17(16)18;/h4-7,9,11,13-14,22H,3,8,10,12H2,1-2H3,(H2,20,21,23);1H. The van der Waals surface area contributed by atoms with Crippen molar-refractivity contribution in [3.8, 4) is 0 Å². The molecule has 0 atom stereocenters. The topological polar surface area (TPSA) is 57.1 Å². The number of halogens is 1. The number of hydrogen-bond donors (Lipinski definition) is 3. The molecule has 0 fully saturated rings. The number of guanidine groups is 1. The molecule has 0 aliphatic rings. The Morgan fingerprint density at radius 2 is 2.04 bits per heavy atom. The van der Waals surface area contributed by atoms with E-state index in [-0.39, 0.29) is 24.0 Å². The van der Waals surface area contributed by atoms with E-state index in [0.29, 0.717) is 6.54 Å². The molecule has 25 heavy (non-hydrogen) atoms. The first kappa shape index (κ1) is 19.4. The lowest BCUT2D eigenvalue weighted by Gasteiger charge is -2.10. The molecule has 2 aromatic heterocycles. The number of H-pyrrole nitrogens is 1.